The monoisotopic (exact) mass is 938 g/mol. The number of carbonyl (C=O) groups excluding carboxylic acids is 2. The van der Waals surface area contributed by atoms with E-state index in [1.165, 1.54) is 12.1 Å². The van der Waals surface area contributed by atoms with Gasteiger partial charge in [0.2, 0.25) is 17.8 Å². The minimum atomic E-state index is -2.42. The fourth-order valence-corrected chi connectivity index (χ4v) is 7.94. The second kappa shape index (κ2) is 19.1. The van der Waals surface area contributed by atoms with Crippen LogP contribution in [-0.2, 0) is 48.2 Å². The van der Waals surface area contributed by atoms with Crippen LogP contribution >= 0.6 is 22.6 Å². The molecule has 20 heteroatoms. The number of morpholine rings is 1. The summed E-state index contributed by atoms with van der Waals surface area (Å²) in [5.74, 6) is 1.13. The Morgan fingerprint density at radius 2 is 1.79 bits per heavy atom. The second-order valence-electron chi connectivity index (χ2n) is 13.6. The van der Waals surface area contributed by atoms with E-state index in [9.17, 15) is 22.6 Å². The average Bonchev–Trinajstić information content (AvgIpc) is 3.65. The summed E-state index contributed by atoms with van der Waals surface area (Å²) in [6.07, 6.45) is 6.03. The number of amides is 1. The summed E-state index contributed by atoms with van der Waals surface area (Å²) in [6, 6.07) is 5.46. The van der Waals surface area contributed by atoms with Crippen molar-refractivity contribution in [3.63, 3.8) is 0 Å². The van der Waals surface area contributed by atoms with Gasteiger partial charge in [0.1, 0.15) is 18.2 Å². The zero-order chi connectivity index (χ0) is 41.6. The summed E-state index contributed by atoms with van der Waals surface area (Å²) in [7, 11) is -2.42. The van der Waals surface area contributed by atoms with Gasteiger partial charge in [0.15, 0.2) is 17.4 Å². The average molecular weight is 939 g/mol. The van der Waals surface area contributed by atoms with E-state index in [-0.39, 0.29) is 73.3 Å². The molecule has 3 aliphatic rings. The van der Waals surface area contributed by atoms with Gasteiger partial charge in [-0.3, -0.25) is 18.7 Å². The molecule has 0 bridgehead atoms. The number of ketones is 1. The van der Waals surface area contributed by atoms with Crippen molar-refractivity contribution in [3.8, 4) is 11.3 Å². The van der Waals surface area contributed by atoms with E-state index in [0.29, 0.717) is 61.0 Å². The number of nitrogens with two attached hydrogens (primary N) is 1. The largest absolute Gasteiger partial charge is 0.394 e. The number of aromatic nitrogens is 4. The normalized spacial score (nSPS) is 16.4. The summed E-state index contributed by atoms with van der Waals surface area (Å²) in [5.41, 5.74) is 7.43. The maximum Gasteiger partial charge on any atom is 0.246 e. The topological polar surface area (TPSA) is 186 Å². The smallest absolute Gasteiger partial charge is 0.246 e. The summed E-state index contributed by atoms with van der Waals surface area (Å²) in [6.45, 7) is 2.26. The maximum atomic E-state index is 15.1. The quantitative estimate of drug-likeness (QED) is 0.0911. The molecule has 58 heavy (non-hydrogen) atoms. The minimum Gasteiger partial charge on any atom is -0.394 e. The Kier molecular flexibility index (Phi) is 14.2. The van der Waals surface area contributed by atoms with Gasteiger partial charge in [-0.2, -0.15) is 4.98 Å². The summed E-state index contributed by atoms with van der Waals surface area (Å²) in [5, 5.41) is 9.79. The van der Waals surface area contributed by atoms with E-state index >= 15 is 4.39 Å². The Morgan fingerprint density at radius 1 is 1.05 bits per heavy atom. The van der Waals surface area contributed by atoms with Gasteiger partial charge >= 0.3 is 0 Å². The zero-order valence-corrected chi connectivity index (χ0v) is 34.6. The molecule has 0 saturated carbocycles. The van der Waals surface area contributed by atoms with E-state index in [0.717, 1.165) is 28.0 Å². The Bertz CT molecular complexity index is 2270. The number of hydrogen-bond acceptors (Lipinski definition) is 13. The fraction of sp³-hybridized carbons (Fsp3) is 0.395. The summed E-state index contributed by atoms with van der Waals surface area (Å²) >= 11 is 1.92. The van der Waals surface area contributed by atoms with Crippen LogP contribution in [0, 0.1) is 21.0 Å². The molecule has 4 aromatic rings. The maximum absolute atomic E-state index is 15.1. The molecule has 0 radical (unpaired) electrons. The highest BCUT2D eigenvalue weighted by atomic mass is 127. The number of Topliss-reactive ketones (excluding diaryl/α,β-unsaturated/α-hetero) is 1. The van der Waals surface area contributed by atoms with Gasteiger partial charge in [-0.05, 0) is 65.1 Å². The molecular formula is C38H42F3IN8O7S. The third-order valence-electron chi connectivity index (χ3n) is 9.39. The molecule has 0 aliphatic carbocycles. The van der Waals surface area contributed by atoms with Gasteiger partial charge in [0.25, 0.3) is 0 Å². The van der Waals surface area contributed by atoms with Crippen molar-refractivity contribution < 1.29 is 46.4 Å². The molecule has 1 atom stereocenters. The summed E-state index contributed by atoms with van der Waals surface area (Å²) in [4.78, 5) is 49.7. The Hall–Kier alpha value is -4.48. The predicted molar refractivity (Wildman–Crippen MR) is 219 cm³/mol. The highest BCUT2D eigenvalue weighted by molar-refractivity contribution is 14.1. The van der Waals surface area contributed by atoms with Crippen molar-refractivity contribution in [2.75, 3.05) is 80.5 Å². The molecule has 2 aromatic carbocycles. The van der Waals surface area contributed by atoms with Crippen LogP contribution in [-0.4, -0.2) is 117 Å². The number of fused-ring (bicyclic) bond motifs is 1. The Morgan fingerprint density at radius 3 is 2.47 bits per heavy atom. The number of aliphatic hydroxyl groups is 1. The molecule has 2 fully saturated rings. The molecule has 2 aromatic heterocycles. The van der Waals surface area contributed by atoms with E-state index in [4.69, 9.17) is 35.1 Å². The van der Waals surface area contributed by atoms with Gasteiger partial charge in [-0.15, -0.1) is 0 Å². The number of anilines is 3. The van der Waals surface area contributed by atoms with Crippen LogP contribution < -0.4 is 14.9 Å². The number of nitrogens with zero attached hydrogens (tertiary/aromatic N) is 7. The molecule has 3 N–H and O–H groups in total. The number of ether oxygens (including phenoxy) is 2. The lowest BCUT2D eigenvalue weighted by molar-refractivity contribution is -0.202. The lowest BCUT2D eigenvalue weighted by Crippen LogP contribution is -2.38. The number of carbonyl (C=O) groups is 2. The third kappa shape index (κ3) is 10.2. The molecular weight excluding hydrogens is 896 g/mol. The molecule has 3 aliphatic heterocycles. The molecule has 5 heterocycles. The van der Waals surface area contributed by atoms with Gasteiger partial charge < -0.3 is 25.2 Å². The predicted octanol–water partition coefficient (Wildman–Crippen LogP) is 3.52. The zero-order valence-electron chi connectivity index (χ0n) is 31.6. The molecule has 310 valence electrons. The van der Waals surface area contributed by atoms with Gasteiger partial charge in [0, 0.05) is 92.2 Å². The van der Waals surface area contributed by atoms with E-state index < -0.39 is 39.5 Å². The first-order valence-electron chi connectivity index (χ1n) is 18.2. The van der Waals surface area contributed by atoms with Crippen LogP contribution in [0.25, 0.3) is 11.3 Å². The molecule has 7 rings (SSSR count). The number of benzene rings is 2. The minimum absolute atomic E-state index is 0.0938. The number of hydroxylamine groups is 2. The highest BCUT2D eigenvalue weighted by Crippen LogP contribution is 2.36. The van der Waals surface area contributed by atoms with Gasteiger partial charge in [-0.1, -0.05) is 6.07 Å². The number of nitrogen functional groups attached to an aromatic ring is 1. The summed E-state index contributed by atoms with van der Waals surface area (Å²) < 4.78 is 69.9. The number of halogens is 4. The van der Waals surface area contributed by atoms with E-state index in [1.807, 2.05) is 22.6 Å². The van der Waals surface area contributed by atoms with Crippen LogP contribution in [0.1, 0.15) is 45.5 Å². The van der Waals surface area contributed by atoms with Gasteiger partial charge in [-0.25, -0.2) is 37.4 Å². The molecule has 2 saturated heterocycles. The van der Waals surface area contributed by atoms with Crippen LogP contribution in [0.5, 0.6) is 0 Å². The first kappa shape index (κ1) is 43.1. The Balaban J connectivity index is 0.000000199. The van der Waals surface area contributed by atoms with Crippen LogP contribution in [0.4, 0.5) is 30.9 Å². The first-order valence-corrected chi connectivity index (χ1v) is 21.4. The number of rotatable bonds is 12. The van der Waals surface area contributed by atoms with Crippen LogP contribution in [0.15, 0.2) is 36.7 Å². The Labute approximate surface area is 347 Å². The van der Waals surface area contributed by atoms with Gasteiger partial charge in [0.05, 0.1) is 45.3 Å². The van der Waals surface area contributed by atoms with Crippen LogP contribution in [0.3, 0.4) is 0 Å². The standard InChI is InChI=1S/C22H21F3INO5.C16H21N7O2S/c23-18-10-15(26)4-3-13(18)8-17-16(19(29)12-31-7-5-28)9-14(21(24)22(17)25)11-27-20(30)2-1-6-32-27;1-26(2,24)23-4-3-12-13(11-9-18-15(17)19-10-11)20-16(21-14(12)23)22-5-7-25-8-6-22/h3-4,9-10,28H,1-2,5-8,11-12H2;9-10H,1,3-8H2,2H3,(H2,17,18,19). The SMILES string of the molecule is C=S(C)(=O)N1CCc2c(-c3cnc(N)nc3)nc(N3CCOCC3)nc21.O=C(COCCO)c1cc(CN2OCCCC2=O)c(F)c(F)c1Cc1ccc(I)cc1F. The molecule has 1 amide bonds. The van der Waals surface area contributed by atoms with Crippen LogP contribution in [0.2, 0.25) is 0 Å². The van der Waals surface area contributed by atoms with Crippen molar-refractivity contribution >= 4 is 67.6 Å². The first-order chi connectivity index (χ1) is 27.7. The number of hydrogen-bond donors (Lipinski definition) is 2. The van der Waals surface area contributed by atoms with Crippen molar-refractivity contribution in [3.05, 3.63) is 85.5 Å². The second-order valence-corrected chi connectivity index (χ2v) is 17.2. The van der Waals surface area contributed by atoms with Crippen molar-refractivity contribution in [1.29, 1.82) is 0 Å². The highest BCUT2D eigenvalue weighted by Gasteiger charge is 2.31. The lowest BCUT2D eigenvalue weighted by Gasteiger charge is -2.28. The number of aliphatic hydroxyl groups excluding tert-OH is 1. The lowest BCUT2D eigenvalue weighted by atomic mass is 9.94. The molecule has 1 unspecified atom stereocenters. The molecule has 15 nitrogen and oxygen atoms in total. The van der Waals surface area contributed by atoms with Crippen molar-refractivity contribution in [1.82, 2.24) is 25.0 Å². The third-order valence-corrected chi connectivity index (χ3v) is 11.3. The van der Waals surface area contributed by atoms with E-state index in [1.54, 1.807) is 29.0 Å². The van der Waals surface area contributed by atoms with E-state index in [2.05, 4.69) is 20.7 Å². The fourth-order valence-electron chi connectivity index (χ4n) is 6.50. The molecule has 0 spiro atoms. The van der Waals surface area contributed by atoms with Crippen molar-refractivity contribution in [2.45, 2.75) is 32.2 Å². The van der Waals surface area contributed by atoms with Crippen molar-refractivity contribution in [2.24, 2.45) is 0 Å².